The van der Waals surface area contributed by atoms with E-state index in [2.05, 4.69) is 5.32 Å². The lowest BCUT2D eigenvalue weighted by Crippen LogP contribution is -2.14. The molecule has 0 atom stereocenters. The number of carbonyl (C=O) groups is 1. The second-order valence-electron chi connectivity index (χ2n) is 4.36. The fourth-order valence-electron chi connectivity index (χ4n) is 1.69. The fourth-order valence-corrected chi connectivity index (χ4v) is 1.81. The molecule has 2 rings (SSSR count). The normalized spacial score (nSPS) is 10.1. The molecule has 0 aromatic heterocycles. The molecule has 0 aliphatic rings. The lowest BCUT2D eigenvalue weighted by molar-refractivity contribution is 0.102. The number of hydrogen-bond donors (Lipinski definition) is 2. The van der Waals surface area contributed by atoms with Crippen molar-refractivity contribution < 1.29 is 9.18 Å². The number of anilines is 1. The Kier molecular flexibility index (Phi) is 4.10. The van der Waals surface area contributed by atoms with E-state index in [9.17, 15) is 9.18 Å². The number of benzene rings is 2. The predicted octanol–water partition coefficient (Wildman–Crippen LogP) is 3.02. The summed E-state index contributed by atoms with van der Waals surface area (Å²) in [7, 11) is 0. The molecule has 0 unspecified atom stereocenters. The minimum absolute atomic E-state index is 0.252. The second-order valence-corrected chi connectivity index (χ2v) is 4.80. The molecule has 0 fully saturated rings. The molecule has 0 saturated carbocycles. The average Bonchev–Trinajstić information content (AvgIpc) is 2.42. The molecule has 2 aromatic rings. The van der Waals surface area contributed by atoms with Gasteiger partial charge in [-0.1, -0.05) is 30.4 Å². The number of hydrogen-bond acceptors (Lipinski definition) is 2. The van der Waals surface area contributed by atoms with Gasteiger partial charge < -0.3 is 11.1 Å². The minimum atomic E-state index is -0.408. The fraction of sp³-hybridized carbons (Fsp3) is 0.0667. The zero-order valence-corrected chi connectivity index (χ0v) is 11.6. The standard InChI is InChI=1S/C15H13FN2OS/c1-9-5-6-11(8-13(9)16)15(19)18-12-4-2-3-10(7-12)14(17)20/h2-8H,1H3,(H2,17,20)(H,18,19). The van der Waals surface area contributed by atoms with Gasteiger partial charge in [0.15, 0.2) is 0 Å². The van der Waals surface area contributed by atoms with Crippen molar-refractivity contribution in [3.63, 3.8) is 0 Å². The highest BCUT2D eigenvalue weighted by Gasteiger charge is 2.09. The molecule has 0 saturated heterocycles. The Morgan fingerprint density at radius 3 is 2.60 bits per heavy atom. The van der Waals surface area contributed by atoms with Crippen LogP contribution in [-0.4, -0.2) is 10.9 Å². The van der Waals surface area contributed by atoms with Crippen LogP contribution in [0.15, 0.2) is 42.5 Å². The quantitative estimate of drug-likeness (QED) is 0.854. The Morgan fingerprint density at radius 2 is 1.95 bits per heavy atom. The van der Waals surface area contributed by atoms with Crippen molar-refractivity contribution in [1.29, 1.82) is 0 Å². The largest absolute Gasteiger partial charge is 0.389 e. The molecule has 5 heteroatoms. The van der Waals surface area contributed by atoms with Gasteiger partial charge in [0.2, 0.25) is 0 Å². The van der Waals surface area contributed by atoms with E-state index in [1.807, 2.05) is 0 Å². The van der Waals surface area contributed by atoms with Crippen LogP contribution in [0.5, 0.6) is 0 Å². The van der Waals surface area contributed by atoms with Gasteiger partial charge in [-0.3, -0.25) is 4.79 Å². The number of halogens is 1. The predicted molar refractivity (Wildman–Crippen MR) is 81.4 cm³/mol. The molecule has 102 valence electrons. The van der Waals surface area contributed by atoms with Crippen molar-refractivity contribution in [3.05, 3.63) is 65.0 Å². The smallest absolute Gasteiger partial charge is 0.255 e. The monoisotopic (exact) mass is 288 g/mol. The van der Waals surface area contributed by atoms with E-state index in [1.165, 1.54) is 6.07 Å². The second kappa shape index (κ2) is 5.79. The Bertz CT molecular complexity index is 685. The first-order valence-electron chi connectivity index (χ1n) is 5.95. The zero-order valence-electron chi connectivity index (χ0n) is 10.8. The van der Waals surface area contributed by atoms with E-state index >= 15 is 0 Å². The number of rotatable bonds is 3. The molecular weight excluding hydrogens is 275 g/mol. The Morgan fingerprint density at radius 1 is 1.20 bits per heavy atom. The van der Waals surface area contributed by atoms with E-state index in [0.29, 0.717) is 16.8 Å². The summed E-state index contributed by atoms with van der Waals surface area (Å²) in [6, 6.07) is 11.2. The lowest BCUT2D eigenvalue weighted by Gasteiger charge is -2.07. The van der Waals surface area contributed by atoms with Gasteiger partial charge in [-0.15, -0.1) is 0 Å². The van der Waals surface area contributed by atoms with Crippen molar-refractivity contribution in [2.75, 3.05) is 5.32 Å². The Labute approximate surface area is 121 Å². The molecular formula is C15H13FN2OS. The summed E-state index contributed by atoms with van der Waals surface area (Å²) >= 11 is 4.88. The summed E-state index contributed by atoms with van der Waals surface area (Å²) in [6.45, 7) is 1.64. The zero-order chi connectivity index (χ0) is 14.7. The maximum Gasteiger partial charge on any atom is 0.255 e. The first-order chi connectivity index (χ1) is 9.47. The van der Waals surface area contributed by atoms with Crippen LogP contribution >= 0.6 is 12.2 Å². The van der Waals surface area contributed by atoms with Gasteiger partial charge in [-0.05, 0) is 36.8 Å². The van der Waals surface area contributed by atoms with E-state index in [1.54, 1.807) is 43.3 Å². The van der Waals surface area contributed by atoms with E-state index in [0.717, 1.165) is 0 Å². The third-order valence-corrected chi connectivity index (χ3v) is 3.07. The molecule has 3 N–H and O–H groups in total. The molecule has 0 radical (unpaired) electrons. The highest BCUT2D eigenvalue weighted by atomic mass is 32.1. The van der Waals surface area contributed by atoms with Gasteiger partial charge in [-0.25, -0.2) is 4.39 Å². The summed E-state index contributed by atoms with van der Waals surface area (Å²) in [5, 5.41) is 2.68. The molecule has 0 heterocycles. The van der Waals surface area contributed by atoms with Crippen LogP contribution in [-0.2, 0) is 0 Å². The third kappa shape index (κ3) is 3.19. The Balaban J connectivity index is 2.21. The van der Waals surface area contributed by atoms with Crippen LogP contribution in [0.1, 0.15) is 21.5 Å². The SMILES string of the molecule is Cc1ccc(C(=O)Nc2cccc(C(N)=S)c2)cc1F. The minimum Gasteiger partial charge on any atom is -0.389 e. The van der Waals surface area contributed by atoms with Crippen LogP contribution in [0.3, 0.4) is 0 Å². The number of nitrogens with two attached hydrogens (primary N) is 1. The number of thiocarbonyl (C=S) groups is 1. The van der Waals surface area contributed by atoms with Crippen molar-refractivity contribution in [1.82, 2.24) is 0 Å². The van der Waals surface area contributed by atoms with Crippen LogP contribution in [0, 0.1) is 12.7 Å². The van der Waals surface area contributed by atoms with E-state index in [4.69, 9.17) is 18.0 Å². The van der Waals surface area contributed by atoms with E-state index in [-0.39, 0.29) is 16.5 Å². The van der Waals surface area contributed by atoms with Crippen LogP contribution < -0.4 is 11.1 Å². The summed E-state index contributed by atoms with van der Waals surface area (Å²) in [4.78, 5) is 12.3. The van der Waals surface area contributed by atoms with Gasteiger partial charge in [0, 0.05) is 16.8 Å². The highest BCUT2D eigenvalue weighted by Crippen LogP contribution is 2.14. The van der Waals surface area contributed by atoms with Crippen molar-refractivity contribution >= 4 is 28.8 Å². The molecule has 0 aliphatic carbocycles. The van der Waals surface area contributed by atoms with Gasteiger partial charge in [-0.2, -0.15) is 0 Å². The maximum absolute atomic E-state index is 13.4. The van der Waals surface area contributed by atoms with Crippen molar-refractivity contribution in [3.8, 4) is 0 Å². The van der Waals surface area contributed by atoms with Gasteiger partial charge in [0.25, 0.3) is 5.91 Å². The summed E-state index contributed by atoms with van der Waals surface area (Å²) in [5.41, 5.74) is 7.50. The van der Waals surface area contributed by atoms with Gasteiger partial charge in [0.05, 0.1) is 0 Å². The molecule has 1 amide bonds. The molecule has 2 aromatic carbocycles. The van der Waals surface area contributed by atoms with Crippen LogP contribution in [0.25, 0.3) is 0 Å². The van der Waals surface area contributed by atoms with Gasteiger partial charge >= 0.3 is 0 Å². The lowest BCUT2D eigenvalue weighted by atomic mass is 10.1. The average molecular weight is 288 g/mol. The first kappa shape index (κ1) is 14.1. The van der Waals surface area contributed by atoms with Crippen molar-refractivity contribution in [2.45, 2.75) is 6.92 Å². The summed E-state index contributed by atoms with van der Waals surface area (Å²) in [6.07, 6.45) is 0. The Hall–Kier alpha value is -2.27. The summed E-state index contributed by atoms with van der Waals surface area (Å²) < 4.78 is 13.4. The molecule has 0 spiro atoms. The molecule has 20 heavy (non-hydrogen) atoms. The van der Waals surface area contributed by atoms with E-state index < -0.39 is 5.82 Å². The summed E-state index contributed by atoms with van der Waals surface area (Å²) in [5.74, 6) is -0.793. The maximum atomic E-state index is 13.4. The van der Waals surface area contributed by atoms with Gasteiger partial charge in [0.1, 0.15) is 10.8 Å². The van der Waals surface area contributed by atoms with Crippen molar-refractivity contribution in [2.24, 2.45) is 5.73 Å². The number of nitrogens with one attached hydrogen (secondary N) is 1. The third-order valence-electron chi connectivity index (χ3n) is 2.84. The number of carbonyl (C=O) groups excluding carboxylic acids is 1. The highest BCUT2D eigenvalue weighted by molar-refractivity contribution is 7.80. The van der Waals surface area contributed by atoms with Crippen LogP contribution in [0.2, 0.25) is 0 Å². The molecule has 3 nitrogen and oxygen atoms in total. The molecule has 0 bridgehead atoms. The topological polar surface area (TPSA) is 55.1 Å². The number of amides is 1. The molecule has 0 aliphatic heterocycles. The van der Waals surface area contributed by atoms with Crippen LogP contribution in [0.4, 0.5) is 10.1 Å². The number of aryl methyl sites for hydroxylation is 1. The first-order valence-corrected chi connectivity index (χ1v) is 6.35.